The van der Waals surface area contributed by atoms with Crippen LogP contribution in [0, 0.1) is 13.8 Å². The van der Waals surface area contributed by atoms with E-state index in [1.54, 1.807) is 18.0 Å². The molecule has 0 saturated carbocycles. The Bertz CT molecular complexity index is 1440. The molecule has 2 aromatic heterocycles. The minimum absolute atomic E-state index is 0.00339. The van der Waals surface area contributed by atoms with Crippen LogP contribution in [0.1, 0.15) is 34.7 Å². The third kappa shape index (κ3) is 5.60. The van der Waals surface area contributed by atoms with Gasteiger partial charge in [0.2, 0.25) is 5.91 Å². The van der Waals surface area contributed by atoms with Crippen LogP contribution in [-0.2, 0) is 9.53 Å². The van der Waals surface area contributed by atoms with E-state index in [4.69, 9.17) is 21.4 Å². The molecule has 1 fully saturated rings. The minimum Gasteiger partial charge on any atom is -0.452 e. The number of amides is 1. The van der Waals surface area contributed by atoms with E-state index in [-0.39, 0.29) is 24.6 Å². The molecule has 1 saturated heterocycles. The molecule has 2 aromatic carbocycles. The number of nitrogens with one attached hydrogen (secondary N) is 2. The van der Waals surface area contributed by atoms with Crippen LogP contribution in [0.3, 0.4) is 0 Å². The van der Waals surface area contributed by atoms with Crippen molar-refractivity contribution in [1.29, 1.82) is 0 Å². The minimum atomic E-state index is -0.266. The molecule has 0 bridgehead atoms. The lowest BCUT2D eigenvalue weighted by atomic mass is 10.0. The molecule has 0 aliphatic carbocycles. The van der Waals surface area contributed by atoms with E-state index in [0.717, 1.165) is 38.4 Å². The number of carbonyl (C=O) groups is 1. The van der Waals surface area contributed by atoms with E-state index in [0.29, 0.717) is 5.11 Å². The average molecular weight is 545 g/mol. The van der Waals surface area contributed by atoms with Crippen LogP contribution < -0.4 is 15.5 Å². The number of aryl methyl sites for hydroxylation is 2. The Morgan fingerprint density at radius 2 is 1.95 bits per heavy atom. The molecule has 1 aliphatic rings. The van der Waals surface area contributed by atoms with Gasteiger partial charge in [0.15, 0.2) is 10.2 Å². The zero-order valence-corrected chi connectivity index (χ0v) is 22.9. The van der Waals surface area contributed by atoms with E-state index in [1.807, 2.05) is 55.5 Å². The molecule has 9 heteroatoms. The second-order valence-electron chi connectivity index (χ2n) is 9.05. The molecule has 3 heterocycles. The molecular formula is C29H28N4O3S2. The predicted molar refractivity (Wildman–Crippen MR) is 154 cm³/mol. The number of rotatable bonds is 8. The standard InChI is InChI=1S/C29H28N4O3S2/c1-18-7-10-21(11-8-18)38-26-14-13-24(36-26)28-27(23-6-4-5-15-30-23)32-29(37)33(28)20-9-12-22(19(2)16-20)31-25(34)17-35-3/h4-16,27-28H,17H2,1-3H3,(H,31,34)(H,32,37). The van der Waals surface area contributed by atoms with Gasteiger partial charge in [-0.15, -0.1) is 0 Å². The lowest BCUT2D eigenvalue weighted by Gasteiger charge is -2.26. The first-order valence-corrected chi connectivity index (χ1v) is 13.4. The maximum absolute atomic E-state index is 12.0. The maximum Gasteiger partial charge on any atom is 0.250 e. The summed E-state index contributed by atoms with van der Waals surface area (Å²) in [6.07, 6.45) is 1.78. The van der Waals surface area contributed by atoms with Crippen molar-refractivity contribution in [2.75, 3.05) is 23.9 Å². The van der Waals surface area contributed by atoms with Crippen molar-refractivity contribution in [3.05, 3.63) is 102 Å². The highest BCUT2D eigenvalue weighted by Gasteiger charge is 2.42. The Kier molecular flexibility index (Phi) is 7.78. The summed E-state index contributed by atoms with van der Waals surface area (Å²) in [5.74, 6) is 0.571. The monoisotopic (exact) mass is 544 g/mol. The van der Waals surface area contributed by atoms with E-state index in [1.165, 1.54) is 12.7 Å². The van der Waals surface area contributed by atoms with Crippen LogP contribution >= 0.6 is 24.0 Å². The lowest BCUT2D eigenvalue weighted by molar-refractivity contribution is -0.119. The molecule has 4 aromatic rings. The summed E-state index contributed by atoms with van der Waals surface area (Å²) < 4.78 is 11.3. The fourth-order valence-corrected chi connectivity index (χ4v) is 5.57. The van der Waals surface area contributed by atoms with E-state index < -0.39 is 0 Å². The van der Waals surface area contributed by atoms with E-state index >= 15 is 0 Å². The van der Waals surface area contributed by atoms with Crippen molar-refractivity contribution < 1.29 is 13.9 Å². The molecule has 2 N–H and O–H groups in total. The molecule has 194 valence electrons. The van der Waals surface area contributed by atoms with Gasteiger partial charge in [0.05, 0.1) is 11.7 Å². The van der Waals surface area contributed by atoms with Gasteiger partial charge in [0, 0.05) is 29.6 Å². The van der Waals surface area contributed by atoms with Crippen LogP contribution in [0.25, 0.3) is 0 Å². The predicted octanol–water partition coefficient (Wildman–Crippen LogP) is 6.20. The number of hydrogen-bond donors (Lipinski definition) is 2. The Morgan fingerprint density at radius 1 is 1.13 bits per heavy atom. The van der Waals surface area contributed by atoms with E-state index in [2.05, 4.69) is 51.7 Å². The summed E-state index contributed by atoms with van der Waals surface area (Å²) >= 11 is 7.42. The van der Waals surface area contributed by atoms with Crippen molar-refractivity contribution in [2.45, 2.75) is 35.9 Å². The summed E-state index contributed by atoms with van der Waals surface area (Å²) in [5, 5.41) is 7.72. The molecule has 7 nitrogen and oxygen atoms in total. The van der Waals surface area contributed by atoms with Crippen LogP contribution in [0.2, 0.25) is 0 Å². The Labute approximate surface area is 231 Å². The van der Waals surface area contributed by atoms with Crippen molar-refractivity contribution in [2.24, 2.45) is 0 Å². The van der Waals surface area contributed by atoms with Crippen LogP contribution in [-0.4, -0.2) is 29.7 Å². The summed E-state index contributed by atoms with van der Waals surface area (Å²) in [5.41, 5.74) is 4.60. The van der Waals surface area contributed by atoms with Gasteiger partial charge >= 0.3 is 0 Å². The smallest absolute Gasteiger partial charge is 0.250 e. The normalized spacial score (nSPS) is 16.9. The largest absolute Gasteiger partial charge is 0.452 e. The first-order chi connectivity index (χ1) is 18.4. The number of furan rings is 1. The fourth-order valence-electron chi connectivity index (χ4n) is 4.45. The van der Waals surface area contributed by atoms with Gasteiger partial charge in [-0.05, 0) is 86.2 Å². The topological polar surface area (TPSA) is 79.6 Å². The van der Waals surface area contributed by atoms with Crippen LogP contribution in [0.5, 0.6) is 0 Å². The number of anilines is 2. The van der Waals surface area contributed by atoms with Gasteiger partial charge in [-0.25, -0.2) is 0 Å². The van der Waals surface area contributed by atoms with Crippen molar-refractivity contribution in [3.63, 3.8) is 0 Å². The molecule has 2 atom stereocenters. The third-order valence-corrected chi connectivity index (χ3v) is 7.51. The molecule has 0 radical (unpaired) electrons. The fraction of sp³-hybridized carbons (Fsp3) is 0.207. The second-order valence-corrected chi connectivity index (χ2v) is 10.5. The Balaban J connectivity index is 1.48. The Hall–Kier alpha value is -3.66. The average Bonchev–Trinajstić information content (AvgIpc) is 3.51. The summed E-state index contributed by atoms with van der Waals surface area (Å²) in [4.78, 5) is 19.8. The zero-order valence-electron chi connectivity index (χ0n) is 21.3. The quantitative estimate of drug-likeness (QED) is 0.254. The van der Waals surface area contributed by atoms with Gasteiger partial charge in [-0.2, -0.15) is 0 Å². The first kappa shape index (κ1) is 26.0. The summed E-state index contributed by atoms with van der Waals surface area (Å²) in [6.45, 7) is 4.02. The lowest BCUT2D eigenvalue weighted by Crippen LogP contribution is -2.29. The maximum atomic E-state index is 12.0. The number of benzene rings is 2. The van der Waals surface area contributed by atoms with Crippen molar-refractivity contribution in [1.82, 2.24) is 10.3 Å². The SMILES string of the molecule is COCC(=O)Nc1ccc(N2C(=S)NC(c3ccccn3)C2c2ccc(Sc3ccc(C)cc3)o2)cc1C. The third-order valence-electron chi connectivity index (χ3n) is 6.27. The molecule has 0 spiro atoms. The number of ether oxygens (including phenoxy) is 1. The highest BCUT2D eigenvalue weighted by molar-refractivity contribution is 7.99. The molecule has 38 heavy (non-hydrogen) atoms. The second kappa shape index (κ2) is 11.4. The zero-order chi connectivity index (χ0) is 26.6. The van der Waals surface area contributed by atoms with E-state index in [9.17, 15) is 4.79 Å². The number of hydrogen-bond acceptors (Lipinski definition) is 6. The first-order valence-electron chi connectivity index (χ1n) is 12.2. The molecular weight excluding hydrogens is 516 g/mol. The summed E-state index contributed by atoms with van der Waals surface area (Å²) in [7, 11) is 1.49. The van der Waals surface area contributed by atoms with Gasteiger partial charge in [-0.1, -0.05) is 35.5 Å². The van der Waals surface area contributed by atoms with Gasteiger partial charge < -0.3 is 24.7 Å². The number of methoxy groups -OCH3 is 1. The van der Waals surface area contributed by atoms with Crippen LogP contribution in [0.4, 0.5) is 11.4 Å². The number of nitrogens with zero attached hydrogens (tertiary/aromatic N) is 2. The number of pyridine rings is 1. The van der Waals surface area contributed by atoms with Crippen LogP contribution in [0.15, 0.2) is 93.4 Å². The highest BCUT2D eigenvalue weighted by Crippen LogP contribution is 2.44. The highest BCUT2D eigenvalue weighted by atomic mass is 32.2. The number of aromatic nitrogens is 1. The number of carbonyl (C=O) groups excluding carboxylic acids is 1. The van der Waals surface area contributed by atoms with Crippen molar-refractivity contribution in [3.8, 4) is 0 Å². The molecule has 2 unspecified atom stereocenters. The molecule has 1 aliphatic heterocycles. The van der Waals surface area contributed by atoms with Gasteiger partial charge in [0.1, 0.15) is 18.4 Å². The van der Waals surface area contributed by atoms with Gasteiger partial charge in [-0.3, -0.25) is 9.78 Å². The summed E-state index contributed by atoms with van der Waals surface area (Å²) in [6, 6.07) is 23.6. The number of thiocarbonyl (C=S) groups is 1. The molecule has 5 rings (SSSR count). The Morgan fingerprint density at radius 3 is 2.66 bits per heavy atom. The van der Waals surface area contributed by atoms with Gasteiger partial charge in [0.25, 0.3) is 0 Å². The van der Waals surface area contributed by atoms with Crippen molar-refractivity contribution >= 4 is 46.4 Å². The molecule has 1 amide bonds.